The highest BCUT2D eigenvalue weighted by molar-refractivity contribution is 6.25. The average Bonchev–Trinajstić information content (AvgIpc) is 3.89. The lowest BCUT2D eigenvalue weighted by Gasteiger charge is -2.34. The first-order valence-electron chi connectivity index (χ1n) is 22.5. The lowest BCUT2D eigenvalue weighted by Crippen LogP contribution is -2.28. The Morgan fingerprint density at radius 2 is 0.892 bits per heavy atom. The molecule has 0 unspecified atom stereocenters. The molecule has 0 saturated carbocycles. The Bertz CT molecular complexity index is 3710. The van der Waals surface area contributed by atoms with Gasteiger partial charge in [0.2, 0.25) is 0 Å². The molecule has 1 heterocycles. The molecule has 0 aliphatic heterocycles. The molecule has 0 bridgehead atoms. The monoisotopic (exact) mass is 826 g/mol. The van der Waals surface area contributed by atoms with E-state index >= 15 is 0 Å². The van der Waals surface area contributed by atoms with Crippen LogP contribution in [-0.2, 0) is 5.41 Å². The number of anilines is 3. The maximum atomic E-state index is 2.48. The Balaban J connectivity index is 1.06. The first-order valence-corrected chi connectivity index (χ1v) is 22.5. The molecule has 0 atom stereocenters. The molecule has 2 heteroatoms. The standard InChI is InChI=1S/C63H42N2/c1-4-21-47(22-5-1)63(58-30-16-14-28-54(58)55-29-15-17-31-59(55)63)48-34-36-51(37-35-48)64(49-23-6-2-7-24-49)52-38-39-60-57(42-52)61-56(46-33-32-43-18-10-11-19-44(43)40-46)41-45-20-12-13-27-53(45)62(61)65(60)50-25-8-3-9-26-50/h1-42H. The summed E-state index contributed by atoms with van der Waals surface area (Å²) >= 11 is 0. The highest BCUT2D eigenvalue weighted by atomic mass is 15.1. The minimum absolute atomic E-state index is 0.468. The third-order valence-electron chi connectivity index (χ3n) is 13.8. The number of para-hydroxylation sites is 2. The molecule has 0 amide bonds. The van der Waals surface area contributed by atoms with E-state index in [1.165, 1.54) is 87.9 Å². The summed E-state index contributed by atoms with van der Waals surface area (Å²) in [6, 6.07) is 93.9. The van der Waals surface area contributed by atoms with Gasteiger partial charge in [-0.3, -0.25) is 0 Å². The zero-order chi connectivity index (χ0) is 42.9. The van der Waals surface area contributed by atoms with Crippen molar-refractivity contribution in [2.75, 3.05) is 4.90 Å². The van der Waals surface area contributed by atoms with E-state index in [4.69, 9.17) is 0 Å². The highest BCUT2D eigenvalue weighted by Gasteiger charge is 2.45. The zero-order valence-corrected chi connectivity index (χ0v) is 35.6. The minimum Gasteiger partial charge on any atom is -0.310 e. The van der Waals surface area contributed by atoms with Gasteiger partial charge in [0, 0.05) is 38.9 Å². The molecule has 1 aromatic heterocycles. The molecule has 0 saturated heterocycles. The third-order valence-corrected chi connectivity index (χ3v) is 13.8. The molecular weight excluding hydrogens is 785 g/mol. The smallest absolute Gasteiger partial charge is 0.0713 e. The van der Waals surface area contributed by atoms with Crippen molar-refractivity contribution in [1.82, 2.24) is 4.57 Å². The Labute approximate surface area is 378 Å². The van der Waals surface area contributed by atoms with Crippen molar-refractivity contribution in [2.45, 2.75) is 5.41 Å². The van der Waals surface area contributed by atoms with Gasteiger partial charge in [0.15, 0.2) is 0 Å². The number of hydrogen-bond acceptors (Lipinski definition) is 1. The van der Waals surface area contributed by atoms with Gasteiger partial charge in [0.1, 0.15) is 0 Å². The van der Waals surface area contributed by atoms with Crippen molar-refractivity contribution in [2.24, 2.45) is 0 Å². The molecule has 1 aliphatic rings. The Morgan fingerprint density at radius 1 is 0.338 bits per heavy atom. The molecular formula is C63H42N2. The number of hydrogen-bond donors (Lipinski definition) is 0. The molecule has 304 valence electrons. The normalized spacial score (nSPS) is 12.7. The van der Waals surface area contributed by atoms with Gasteiger partial charge in [0.05, 0.1) is 16.4 Å². The summed E-state index contributed by atoms with van der Waals surface area (Å²) < 4.78 is 2.48. The summed E-state index contributed by atoms with van der Waals surface area (Å²) in [6.07, 6.45) is 0. The van der Waals surface area contributed by atoms with Crippen molar-refractivity contribution in [1.29, 1.82) is 0 Å². The Morgan fingerprint density at radius 3 is 1.62 bits per heavy atom. The van der Waals surface area contributed by atoms with Crippen LogP contribution in [0.3, 0.4) is 0 Å². The topological polar surface area (TPSA) is 8.17 Å². The van der Waals surface area contributed by atoms with Crippen LogP contribution in [0, 0.1) is 0 Å². The van der Waals surface area contributed by atoms with Crippen molar-refractivity contribution < 1.29 is 0 Å². The lowest BCUT2D eigenvalue weighted by atomic mass is 9.68. The van der Waals surface area contributed by atoms with Gasteiger partial charge in [-0.05, 0) is 127 Å². The quantitative estimate of drug-likeness (QED) is 0.155. The molecule has 1 aliphatic carbocycles. The first-order chi connectivity index (χ1) is 32.3. The van der Waals surface area contributed by atoms with E-state index in [2.05, 4.69) is 264 Å². The highest BCUT2D eigenvalue weighted by Crippen LogP contribution is 2.56. The van der Waals surface area contributed by atoms with Crippen LogP contribution < -0.4 is 4.90 Å². The summed E-state index contributed by atoms with van der Waals surface area (Å²) in [5.41, 5.74) is 16.5. The molecule has 13 rings (SSSR count). The van der Waals surface area contributed by atoms with Gasteiger partial charge in [-0.25, -0.2) is 0 Å². The van der Waals surface area contributed by atoms with Crippen LogP contribution >= 0.6 is 0 Å². The Kier molecular flexibility index (Phi) is 8.47. The summed E-state index contributed by atoms with van der Waals surface area (Å²) in [5.74, 6) is 0. The fraction of sp³-hybridized carbons (Fsp3) is 0.0159. The van der Waals surface area contributed by atoms with E-state index in [1.54, 1.807) is 0 Å². The second-order valence-corrected chi connectivity index (χ2v) is 17.2. The number of benzene rings is 11. The second-order valence-electron chi connectivity index (χ2n) is 17.2. The van der Waals surface area contributed by atoms with E-state index in [1.807, 2.05) is 0 Å². The summed E-state index contributed by atoms with van der Waals surface area (Å²) in [7, 11) is 0. The molecule has 0 N–H and O–H groups in total. The van der Waals surface area contributed by atoms with Crippen molar-refractivity contribution in [3.8, 4) is 27.9 Å². The van der Waals surface area contributed by atoms with Gasteiger partial charge in [-0.15, -0.1) is 0 Å². The number of nitrogens with zero attached hydrogens (tertiary/aromatic N) is 2. The zero-order valence-electron chi connectivity index (χ0n) is 35.6. The van der Waals surface area contributed by atoms with E-state index in [0.717, 1.165) is 22.7 Å². The van der Waals surface area contributed by atoms with E-state index < -0.39 is 5.41 Å². The van der Waals surface area contributed by atoms with Gasteiger partial charge >= 0.3 is 0 Å². The van der Waals surface area contributed by atoms with Crippen LogP contribution in [0.25, 0.3) is 71.3 Å². The van der Waals surface area contributed by atoms with Crippen LogP contribution in [-0.4, -0.2) is 4.57 Å². The molecule has 0 radical (unpaired) electrons. The average molecular weight is 827 g/mol. The van der Waals surface area contributed by atoms with Gasteiger partial charge in [-0.2, -0.15) is 0 Å². The largest absolute Gasteiger partial charge is 0.310 e. The third kappa shape index (κ3) is 5.67. The van der Waals surface area contributed by atoms with Gasteiger partial charge in [-0.1, -0.05) is 188 Å². The van der Waals surface area contributed by atoms with Crippen molar-refractivity contribution in [3.63, 3.8) is 0 Å². The minimum atomic E-state index is -0.468. The molecule has 12 aromatic rings. The van der Waals surface area contributed by atoms with Crippen molar-refractivity contribution >= 4 is 60.4 Å². The SMILES string of the molecule is c1ccc(N(c2ccc(C3(c4ccccc4)c4ccccc4-c4ccccc43)cc2)c2ccc3c(c2)c2c(-c4ccc5ccccc5c4)cc4ccccc4c2n3-c2ccccc2)cc1. The molecule has 0 fully saturated rings. The van der Waals surface area contributed by atoms with Crippen LogP contribution in [0.2, 0.25) is 0 Å². The summed E-state index contributed by atoms with van der Waals surface area (Å²) in [6.45, 7) is 0. The van der Waals surface area contributed by atoms with Gasteiger partial charge in [0.25, 0.3) is 0 Å². The van der Waals surface area contributed by atoms with E-state index in [-0.39, 0.29) is 0 Å². The molecule has 2 nitrogen and oxygen atoms in total. The first kappa shape index (κ1) is 37.1. The van der Waals surface area contributed by atoms with Crippen LogP contribution in [0.15, 0.2) is 255 Å². The predicted molar refractivity (Wildman–Crippen MR) is 273 cm³/mol. The number of rotatable bonds is 7. The fourth-order valence-electron chi connectivity index (χ4n) is 11.0. The van der Waals surface area contributed by atoms with Crippen LogP contribution in [0.4, 0.5) is 17.1 Å². The van der Waals surface area contributed by atoms with Gasteiger partial charge < -0.3 is 9.47 Å². The van der Waals surface area contributed by atoms with E-state index in [0.29, 0.717) is 0 Å². The molecule has 11 aromatic carbocycles. The molecule has 65 heavy (non-hydrogen) atoms. The Hall–Kier alpha value is -8.46. The maximum absolute atomic E-state index is 2.48. The second kappa shape index (κ2) is 14.8. The number of aromatic nitrogens is 1. The van der Waals surface area contributed by atoms with Crippen LogP contribution in [0.5, 0.6) is 0 Å². The maximum Gasteiger partial charge on any atom is 0.0713 e. The van der Waals surface area contributed by atoms with Crippen molar-refractivity contribution in [3.05, 3.63) is 277 Å². The van der Waals surface area contributed by atoms with E-state index in [9.17, 15) is 0 Å². The molecule has 0 spiro atoms. The predicted octanol–water partition coefficient (Wildman–Crippen LogP) is 16.6. The lowest BCUT2D eigenvalue weighted by molar-refractivity contribution is 0.768. The summed E-state index contributed by atoms with van der Waals surface area (Å²) in [5, 5.41) is 7.36. The number of fused-ring (bicyclic) bond motifs is 9. The fourth-order valence-corrected chi connectivity index (χ4v) is 11.0. The van der Waals surface area contributed by atoms with Crippen LogP contribution in [0.1, 0.15) is 22.3 Å². The summed E-state index contributed by atoms with van der Waals surface area (Å²) in [4.78, 5) is 2.41.